The molecule has 0 spiro atoms. The number of carbonyl (C=O) groups is 1. The van der Waals surface area contributed by atoms with E-state index in [0.29, 0.717) is 0 Å². The molecule has 1 rings (SSSR count). The Morgan fingerprint density at radius 3 is 3.13 bits per heavy atom. The summed E-state index contributed by atoms with van der Waals surface area (Å²) in [4.78, 5) is 13.0. The Labute approximate surface area is 95.2 Å². The van der Waals surface area contributed by atoms with Crippen molar-refractivity contribution in [2.75, 3.05) is 44.2 Å². The number of rotatable bonds is 7. The number of carbonyl (C=O) groups excluding carboxylic acids is 1. The van der Waals surface area contributed by atoms with E-state index in [4.69, 9.17) is 6.42 Å². The molecule has 1 saturated heterocycles. The van der Waals surface area contributed by atoms with Crippen LogP contribution in [0.25, 0.3) is 0 Å². The van der Waals surface area contributed by atoms with Crippen molar-refractivity contribution >= 4 is 17.8 Å². The average molecular weight is 227 g/mol. The molecule has 0 unspecified atom stereocenters. The van der Waals surface area contributed by atoms with Gasteiger partial charge < -0.3 is 15.5 Å². The van der Waals surface area contributed by atoms with Crippen molar-refractivity contribution < 1.29 is 4.79 Å². The Morgan fingerprint density at radius 2 is 2.47 bits per heavy atom. The Bertz CT molecular complexity index is 239. The van der Waals surface area contributed by atoms with Gasteiger partial charge in [-0.15, -0.1) is 18.2 Å². The highest BCUT2D eigenvalue weighted by molar-refractivity contribution is 7.99. The molecule has 0 aromatic heterocycles. The molecular formula is C10H17N3OS. The molecule has 0 atom stereocenters. The normalized spacial score (nSPS) is 15.1. The summed E-state index contributed by atoms with van der Waals surface area (Å²) in [5, 5.41) is 6.05. The van der Waals surface area contributed by atoms with Gasteiger partial charge in [0.05, 0.1) is 5.75 Å². The van der Waals surface area contributed by atoms with Gasteiger partial charge in [0.2, 0.25) is 0 Å². The molecule has 5 heteroatoms. The van der Waals surface area contributed by atoms with Gasteiger partial charge in [0.15, 0.2) is 0 Å². The van der Waals surface area contributed by atoms with Crippen molar-refractivity contribution in [2.24, 2.45) is 0 Å². The van der Waals surface area contributed by atoms with Gasteiger partial charge in [0.1, 0.15) is 0 Å². The quantitative estimate of drug-likeness (QED) is 0.474. The number of nitrogens with one attached hydrogen (secondary N) is 2. The summed E-state index contributed by atoms with van der Waals surface area (Å²) < 4.78 is 0. The summed E-state index contributed by atoms with van der Waals surface area (Å²) in [5.74, 6) is 4.38. The summed E-state index contributed by atoms with van der Waals surface area (Å²) in [5.41, 5.74) is 0. The molecule has 1 fully saturated rings. The van der Waals surface area contributed by atoms with Crippen molar-refractivity contribution in [3.63, 3.8) is 0 Å². The minimum absolute atomic E-state index is 0.0542. The van der Waals surface area contributed by atoms with Crippen LogP contribution in [0.2, 0.25) is 0 Å². The predicted octanol–water partition coefficient (Wildman–Crippen LogP) is -0.0324. The Hall–Kier alpha value is -0.860. The maximum absolute atomic E-state index is 11.1. The van der Waals surface area contributed by atoms with Crippen LogP contribution in [0.4, 0.5) is 4.79 Å². The first kappa shape index (κ1) is 12.2. The number of nitrogens with zero attached hydrogens (tertiary/aromatic N) is 1. The van der Waals surface area contributed by atoms with Crippen LogP contribution in [0, 0.1) is 12.3 Å². The number of urea groups is 1. The van der Waals surface area contributed by atoms with Crippen LogP contribution < -0.4 is 10.6 Å². The van der Waals surface area contributed by atoms with Gasteiger partial charge in [-0.05, 0) is 0 Å². The first-order valence-electron chi connectivity index (χ1n) is 5.09. The molecule has 4 nitrogen and oxygen atoms in total. The van der Waals surface area contributed by atoms with Crippen LogP contribution in [-0.4, -0.2) is 55.2 Å². The molecule has 15 heavy (non-hydrogen) atoms. The zero-order valence-electron chi connectivity index (χ0n) is 8.79. The Balaban J connectivity index is 1.89. The van der Waals surface area contributed by atoms with Gasteiger partial charge in [-0.2, -0.15) is 0 Å². The van der Waals surface area contributed by atoms with E-state index >= 15 is 0 Å². The summed E-state index contributed by atoms with van der Waals surface area (Å²) >= 11 is 1.74. The van der Waals surface area contributed by atoms with E-state index in [2.05, 4.69) is 16.6 Å². The molecule has 1 aliphatic heterocycles. The highest BCUT2D eigenvalue weighted by Crippen LogP contribution is 1.96. The van der Waals surface area contributed by atoms with E-state index in [-0.39, 0.29) is 6.03 Å². The van der Waals surface area contributed by atoms with E-state index in [1.807, 2.05) is 4.90 Å². The molecule has 2 amide bonds. The van der Waals surface area contributed by atoms with Gasteiger partial charge >= 0.3 is 6.03 Å². The second kappa shape index (κ2) is 7.43. The summed E-state index contributed by atoms with van der Waals surface area (Å²) in [7, 11) is 0. The van der Waals surface area contributed by atoms with Crippen molar-refractivity contribution in [3.8, 4) is 12.3 Å². The van der Waals surface area contributed by atoms with Crippen molar-refractivity contribution in [1.29, 1.82) is 0 Å². The third-order valence-corrected chi connectivity index (χ3v) is 2.98. The molecule has 0 saturated carbocycles. The largest absolute Gasteiger partial charge is 0.336 e. The Kier molecular flexibility index (Phi) is 6.05. The summed E-state index contributed by atoms with van der Waals surface area (Å²) in [6, 6.07) is 0.0542. The third kappa shape index (κ3) is 4.96. The SMILES string of the molecule is C#CCSCCNCCN1CCNC1=O. The highest BCUT2D eigenvalue weighted by Gasteiger charge is 2.17. The van der Waals surface area contributed by atoms with Crippen LogP contribution >= 0.6 is 11.8 Å². The number of hydrogen-bond donors (Lipinski definition) is 2. The first-order valence-corrected chi connectivity index (χ1v) is 6.25. The lowest BCUT2D eigenvalue weighted by molar-refractivity contribution is 0.217. The van der Waals surface area contributed by atoms with Gasteiger partial charge in [0, 0.05) is 38.5 Å². The molecule has 1 aliphatic rings. The molecule has 1 heterocycles. The molecule has 0 bridgehead atoms. The fourth-order valence-electron chi connectivity index (χ4n) is 1.34. The predicted molar refractivity (Wildman–Crippen MR) is 64.0 cm³/mol. The van der Waals surface area contributed by atoms with E-state index < -0.39 is 0 Å². The number of terminal acetylenes is 1. The fourth-order valence-corrected chi connectivity index (χ4v) is 1.89. The zero-order valence-corrected chi connectivity index (χ0v) is 9.61. The Morgan fingerprint density at radius 1 is 1.60 bits per heavy atom. The summed E-state index contributed by atoms with van der Waals surface area (Å²) in [6.07, 6.45) is 5.13. The third-order valence-electron chi connectivity index (χ3n) is 2.11. The van der Waals surface area contributed by atoms with Gasteiger partial charge in [-0.3, -0.25) is 0 Å². The fraction of sp³-hybridized carbons (Fsp3) is 0.700. The van der Waals surface area contributed by atoms with E-state index in [0.717, 1.165) is 44.2 Å². The molecule has 84 valence electrons. The van der Waals surface area contributed by atoms with Crippen molar-refractivity contribution in [3.05, 3.63) is 0 Å². The minimum atomic E-state index is 0.0542. The maximum Gasteiger partial charge on any atom is 0.317 e. The molecule has 2 N–H and O–H groups in total. The monoisotopic (exact) mass is 227 g/mol. The highest BCUT2D eigenvalue weighted by atomic mass is 32.2. The second-order valence-electron chi connectivity index (χ2n) is 3.23. The minimum Gasteiger partial charge on any atom is -0.336 e. The second-order valence-corrected chi connectivity index (χ2v) is 4.33. The van der Waals surface area contributed by atoms with E-state index in [1.165, 1.54) is 0 Å². The van der Waals surface area contributed by atoms with Crippen LogP contribution in [-0.2, 0) is 0 Å². The van der Waals surface area contributed by atoms with Crippen LogP contribution in [0.5, 0.6) is 0 Å². The standard InChI is InChI=1S/C10H17N3OS/c1-2-8-15-9-5-11-3-6-13-7-4-12-10(13)14/h1,11H,3-9H2,(H,12,14). The van der Waals surface area contributed by atoms with E-state index in [9.17, 15) is 4.79 Å². The van der Waals surface area contributed by atoms with Crippen molar-refractivity contribution in [2.45, 2.75) is 0 Å². The van der Waals surface area contributed by atoms with Crippen LogP contribution in [0.1, 0.15) is 0 Å². The van der Waals surface area contributed by atoms with Crippen LogP contribution in [0.3, 0.4) is 0 Å². The molecule has 0 aromatic rings. The van der Waals surface area contributed by atoms with E-state index in [1.54, 1.807) is 11.8 Å². The molecule has 0 aliphatic carbocycles. The average Bonchev–Trinajstić information content (AvgIpc) is 2.63. The molecule has 0 radical (unpaired) electrons. The lowest BCUT2D eigenvalue weighted by Crippen LogP contribution is -2.35. The van der Waals surface area contributed by atoms with Crippen molar-refractivity contribution in [1.82, 2.24) is 15.5 Å². The number of hydrogen-bond acceptors (Lipinski definition) is 3. The topological polar surface area (TPSA) is 44.4 Å². The first-order chi connectivity index (χ1) is 7.34. The lowest BCUT2D eigenvalue weighted by atomic mass is 10.5. The van der Waals surface area contributed by atoms with Gasteiger partial charge in [-0.25, -0.2) is 4.79 Å². The lowest BCUT2D eigenvalue weighted by Gasteiger charge is -2.13. The van der Waals surface area contributed by atoms with Gasteiger partial charge in [-0.1, -0.05) is 5.92 Å². The van der Waals surface area contributed by atoms with Crippen LogP contribution in [0.15, 0.2) is 0 Å². The molecular weight excluding hydrogens is 210 g/mol. The van der Waals surface area contributed by atoms with Gasteiger partial charge in [0.25, 0.3) is 0 Å². The molecule has 0 aromatic carbocycles. The number of amides is 2. The smallest absolute Gasteiger partial charge is 0.317 e. The number of thioether (sulfide) groups is 1. The maximum atomic E-state index is 11.1. The summed E-state index contributed by atoms with van der Waals surface area (Å²) in [6.45, 7) is 4.18. The zero-order chi connectivity index (χ0) is 10.9.